The Kier molecular flexibility index (Phi) is 52.5. The topological polar surface area (TPSA) is 787 Å². The number of nitrogens with zero attached hydrogens (tertiary/aromatic N) is 5. The van der Waals surface area contributed by atoms with Crippen molar-refractivity contribution < 1.29 is 102 Å². The highest BCUT2D eigenvalue weighted by Crippen LogP contribution is 2.25. The maximum absolute atomic E-state index is 15.4. The second-order valence-electron chi connectivity index (χ2n) is 36.4. The monoisotopic (exact) mass is 2020 g/mol. The van der Waals surface area contributed by atoms with Crippen LogP contribution in [0.25, 0.3) is 10.9 Å². The number of aliphatic hydroxyl groups excluding tert-OH is 3. The lowest BCUT2D eigenvalue weighted by Crippen LogP contribution is -2.62. The zero-order valence-electron chi connectivity index (χ0n) is 81.9. The van der Waals surface area contributed by atoms with E-state index in [4.69, 9.17) is 43.2 Å². The van der Waals surface area contributed by atoms with Gasteiger partial charge >= 0.3 is 0 Å². The van der Waals surface area contributed by atoms with Gasteiger partial charge in [0, 0.05) is 107 Å². The van der Waals surface area contributed by atoms with Gasteiger partial charge in [0.05, 0.1) is 51.2 Å². The Bertz CT molecular complexity index is 4920. The predicted octanol–water partition coefficient (Wildman–Crippen LogP) is -4.03. The number of nitrogens with two attached hydrogens (primary N) is 4. The Hall–Kier alpha value is -13.9. The van der Waals surface area contributed by atoms with Gasteiger partial charge in [-0.2, -0.15) is 0 Å². The van der Waals surface area contributed by atoms with Crippen molar-refractivity contribution in [2.45, 2.75) is 291 Å². The van der Waals surface area contributed by atoms with Crippen LogP contribution in [0.15, 0.2) is 73.3 Å². The van der Waals surface area contributed by atoms with Crippen LogP contribution in [0.4, 0.5) is 0 Å². The molecule has 2 saturated heterocycles. The summed E-state index contributed by atoms with van der Waals surface area (Å²) in [5.74, 6) is -15.3. The lowest BCUT2D eigenvalue weighted by Gasteiger charge is -2.31. The number of aliphatic hydroxyl groups is 3. The summed E-state index contributed by atoms with van der Waals surface area (Å²) in [6, 6.07) is -3.95. The van der Waals surface area contributed by atoms with Crippen molar-refractivity contribution in [1.29, 1.82) is 10.8 Å². The second kappa shape index (κ2) is 64.6. The molecule has 0 saturated carbocycles. The normalized spacial score (nSPS) is 18.6. The number of primary amides is 2. The molecule has 16 amide bonds. The highest BCUT2D eigenvalue weighted by atomic mass is 16.5. The molecule has 0 spiro atoms. The number of carbonyl (C=O) groups is 16. The molecule has 0 unspecified atom stereocenters. The van der Waals surface area contributed by atoms with E-state index >= 15 is 19.2 Å². The van der Waals surface area contributed by atoms with E-state index in [9.17, 15) is 72.9 Å². The second-order valence-corrected chi connectivity index (χ2v) is 36.4. The number of hydrogen-bond acceptors (Lipinski definition) is 27. The standard InChI is InChI=1S/C94H147N29O21/c1-57(2)45-69(85(135)112-68-35-37-79(129)102-38-22-21-29-64(81(96)131)109-87(137)71(47-59-50-106-63-28-20-19-27-62(59)63)114-82(132)65(30-23-39-104-93(97)98)111-86(136)70(46-58-25-15-14-16-26-58)116-91(141)75-49-61(126)52-123(75)92(68)142)113-89(139)74(54-125)118-88(138)72(48-60-51-101-56-107-60)115-90(140)73(53-124)117-83(133)66(31-24-40-105-94(99)100)110-84(134)67(34-36-76(95)127)108-80(130)55-144-44-43-143-42-41-103-78(128)33-18-13-11-9-7-5-3-4-6-8-10-12-17-32-77-119-121-122-120-77/h14-16,19-20,25-28,50-51,56-57,61,64-75,106,124-126H,3-13,17-18,21-24,29-49,52-55H2,1-2H3,(H2,95,127)(H2,96,131)(H,101,107)(H,102,129)(H,103,128)(H,108,130)(H,109,137)(H,110,134)(H,111,136)(H,112,135)(H,113,139)(H,114,132)(H,115,140)(H,116,141)(H,117,133)(H,118,138)(H4,97,98,104)(H4,99,100,105)(H,119,120,121,122)/t61-,64+,65+,66+,67+,68+,69-,70-,71+,72+,73+,74+,75+/m1/s1. The Labute approximate surface area is 834 Å². The van der Waals surface area contributed by atoms with E-state index in [1.807, 2.05) is 6.07 Å². The minimum atomic E-state index is -1.95. The molecule has 2 aliphatic rings. The molecule has 0 aliphatic carbocycles. The van der Waals surface area contributed by atoms with Crippen LogP contribution >= 0.6 is 0 Å². The maximum Gasteiger partial charge on any atom is 0.246 e. The van der Waals surface area contributed by atoms with Crippen molar-refractivity contribution in [1.82, 2.24) is 120 Å². The summed E-state index contributed by atoms with van der Waals surface area (Å²) < 4.78 is 11.0. The van der Waals surface area contributed by atoms with Gasteiger partial charge in [0.15, 0.2) is 11.9 Å². The van der Waals surface area contributed by atoms with Gasteiger partial charge in [-0.3, -0.25) is 87.5 Å². The number of benzene rings is 2. The number of imidazole rings is 1. The first kappa shape index (κ1) is 117. The average Bonchev–Trinajstić information content (AvgIpc) is 1.66. The number of fused-ring (bicyclic) bond motifs is 2. The first-order valence-electron chi connectivity index (χ1n) is 49.4. The fourth-order valence-electron chi connectivity index (χ4n) is 16.5. The molecule has 50 nitrogen and oxygen atoms in total. The maximum atomic E-state index is 15.4. The van der Waals surface area contributed by atoms with E-state index in [1.165, 1.54) is 63.9 Å². The summed E-state index contributed by atoms with van der Waals surface area (Å²) in [6.45, 7) is 0.206. The highest BCUT2D eigenvalue weighted by molar-refractivity contribution is 6.01. The predicted molar refractivity (Wildman–Crippen MR) is 525 cm³/mol. The number of carbonyl (C=O) groups excluding carboxylic acids is 16. The van der Waals surface area contributed by atoms with Gasteiger partial charge in [-0.1, -0.05) is 133 Å². The van der Waals surface area contributed by atoms with E-state index in [2.05, 4.69) is 115 Å². The fraction of sp³-hybridized carbons (Fsp3) is 0.617. The first-order chi connectivity index (χ1) is 69.2. The van der Waals surface area contributed by atoms with Crippen molar-refractivity contribution >= 4 is 117 Å². The summed E-state index contributed by atoms with van der Waals surface area (Å²) in [5, 5.41) is 102. The molecule has 2 aromatic carbocycles. The number of para-hydroxylation sites is 1. The van der Waals surface area contributed by atoms with E-state index in [1.54, 1.807) is 68.6 Å². The number of amides is 16. The molecule has 5 aromatic rings. The number of tetrazole rings is 1. The molecule has 144 heavy (non-hydrogen) atoms. The summed E-state index contributed by atoms with van der Waals surface area (Å²) in [6.07, 6.45) is 15.6. The third-order valence-corrected chi connectivity index (χ3v) is 24.2. The van der Waals surface area contributed by atoms with Gasteiger partial charge in [0.25, 0.3) is 0 Å². The minimum Gasteiger partial charge on any atom is -0.394 e. The smallest absolute Gasteiger partial charge is 0.246 e. The van der Waals surface area contributed by atoms with Gasteiger partial charge < -0.3 is 142 Å². The van der Waals surface area contributed by atoms with Gasteiger partial charge in [-0.15, -0.1) is 5.10 Å². The molecular formula is C94H147N29O21. The lowest BCUT2D eigenvalue weighted by molar-refractivity contribution is -0.143. The Morgan fingerprint density at radius 3 is 1.77 bits per heavy atom. The summed E-state index contributed by atoms with van der Waals surface area (Å²) in [7, 11) is 0. The number of unbranched alkanes of at least 4 members (excludes halogenated alkanes) is 12. The molecule has 0 bridgehead atoms. The summed E-state index contributed by atoms with van der Waals surface area (Å²) in [5.41, 5.74) is 24.4. The number of aromatic amines is 3. The van der Waals surface area contributed by atoms with Gasteiger partial charge in [0.1, 0.15) is 84.9 Å². The quantitative estimate of drug-likeness (QED) is 0.0100. The Balaban J connectivity index is 0.986. The van der Waals surface area contributed by atoms with Crippen LogP contribution in [-0.2, 0) is 112 Å². The molecule has 7 rings (SSSR count). The zero-order chi connectivity index (χ0) is 105. The molecule has 794 valence electrons. The number of ether oxygens (including phenoxy) is 2. The number of aryl methyl sites for hydroxylation is 1. The summed E-state index contributed by atoms with van der Waals surface area (Å²) in [4.78, 5) is 238. The van der Waals surface area contributed by atoms with Crippen LogP contribution in [0.5, 0.6) is 0 Å². The fourth-order valence-corrected chi connectivity index (χ4v) is 16.5. The SMILES string of the molecule is CC(C)C[C@@H](NC(=O)[C@H](CO)NC(=O)[C@H](Cc1c[nH]cn1)NC(=O)[C@H](CO)NC(=O)[C@H](CCCNC(=N)N)NC(=O)[C@H](CCC(N)=O)NC(=O)COCCOCCNC(=O)CCCCCCCCCCCCCCCc1nnn[nH]1)C(=O)N[C@H]1CCC(=O)NCCCC[C@@H](C(N)=O)NC(=O)[C@H](Cc2c[nH]c3ccccc23)NC(=O)[C@H](CCCNC(=N)N)NC(=O)[C@@H](Cc2ccccc2)NC(=O)[C@@H]2C[C@@H](O)CN2C1=O. The number of hydrogen-bond donors (Lipinski definition) is 27. The van der Waals surface area contributed by atoms with Crippen molar-refractivity contribution in [2.24, 2.45) is 28.9 Å². The Morgan fingerprint density at radius 1 is 0.562 bits per heavy atom. The Morgan fingerprint density at radius 2 is 1.14 bits per heavy atom. The van der Waals surface area contributed by atoms with Crippen LogP contribution in [0, 0.1) is 16.7 Å². The highest BCUT2D eigenvalue weighted by Gasteiger charge is 2.45. The van der Waals surface area contributed by atoms with Crippen LogP contribution in [-0.4, -0.2) is 313 Å². The largest absolute Gasteiger partial charge is 0.394 e. The van der Waals surface area contributed by atoms with E-state index < -0.39 is 238 Å². The number of nitrogens with one attached hydrogen (secondary N) is 20. The average molecular weight is 2020 g/mol. The molecule has 13 atom stereocenters. The molecule has 31 N–H and O–H groups in total. The third kappa shape index (κ3) is 43.9. The van der Waals surface area contributed by atoms with Crippen molar-refractivity contribution in [3.05, 3.63) is 96.0 Å². The lowest BCUT2D eigenvalue weighted by atomic mass is 10.0. The van der Waals surface area contributed by atoms with Gasteiger partial charge in [-0.05, 0) is 111 Å². The third-order valence-electron chi connectivity index (χ3n) is 24.2. The molecular weight excluding hydrogens is 1870 g/mol. The number of aromatic nitrogens is 7. The van der Waals surface area contributed by atoms with Gasteiger partial charge in [0.2, 0.25) is 94.5 Å². The van der Waals surface area contributed by atoms with E-state index in [0.29, 0.717) is 28.5 Å². The van der Waals surface area contributed by atoms with Crippen molar-refractivity contribution in [3.63, 3.8) is 0 Å². The van der Waals surface area contributed by atoms with Gasteiger partial charge in [-0.25, -0.2) is 10.1 Å². The van der Waals surface area contributed by atoms with E-state index in [-0.39, 0.29) is 134 Å². The van der Waals surface area contributed by atoms with Crippen molar-refractivity contribution in [2.75, 3.05) is 72.4 Å². The van der Waals surface area contributed by atoms with E-state index in [0.717, 1.165) is 49.2 Å². The minimum absolute atomic E-state index is 0.0123. The van der Waals surface area contributed by atoms with Crippen molar-refractivity contribution in [3.8, 4) is 0 Å². The van der Waals surface area contributed by atoms with Crippen LogP contribution in [0.3, 0.4) is 0 Å². The first-order valence-corrected chi connectivity index (χ1v) is 49.4. The number of guanidine groups is 2. The number of rotatable bonds is 59. The molecule has 5 heterocycles. The van der Waals surface area contributed by atoms with Crippen LogP contribution in [0.2, 0.25) is 0 Å². The zero-order valence-corrected chi connectivity index (χ0v) is 81.9. The molecule has 2 aliphatic heterocycles. The van der Waals surface area contributed by atoms with Crippen LogP contribution < -0.4 is 103 Å². The number of H-pyrrole nitrogens is 3. The summed E-state index contributed by atoms with van der Waals surface area (Å²) >= 11 is 0. The van der Waals surface area contributed by atoms with Crippen LogP contribution in [0.1, 0.15) is 210 Å². The molecule has 0 radical (unpaired) electrons. The molecule has 50 heteroatoms. The molecule has 2 fully saturated rings. The molecule has 3 aromatic heterocycles.